The van der Waals surface area contributed by atoms with E-state index in [0.717, 1.165) is 28.1 Å². The summed E-state index contributed by atoms with van der Waals surface area (Å²) in [6, 6.07) is 19.9. The minimum atomic E-state index is -0.806. The molecule has 1 aromatic heterocycles. The van der Waals surface area contributed by atoms with E-state index in [1.54, 1.807) is 6.92 Å². The van der Waals surface area contributed by atoms with Crippen LogP contribution in [0.1, 0.15) is 41.0 Å². The molecule has 27 heavy (non-hydrogen) atoms. The van der Waals surface area contributed by atoms with Crippen molar-refractivity contribution in [2.45, 2.75) is 31.8 Å². The third-order valence-electron chi connectivity index (χ3n) is 5.33. The van der Waals surface area contributed by atoms with Gasteiger partial charge in [0.1, 0.15) is 17.5 Å². The highest BCUT2D eigenvalue weighted by Gasteiger charge is 2.32. The van der Waals surface area contributed by atoms with E-state index in [-0.39, 0.29) is 5.92 Å². The van der Waals surface area contributed by atoms with E-state index in [9.17, 15) is 9.90 Å². The van der Waals surface area contributed by atoms with Crippen molar-refractivity contribution >= 4 is 5.97 Å². The average molecular weight is 362 g/mol. The van der Waals surface area contributed by atoms with Crippen molar-refractivity contribution in [1.82, 2.24) is 10.1 Å². The molecule has 1 aliphatic heterocycles. The Balaban J connectivity index is 1.77. The molecule has 0 saturated carbocycles. The Morgan fingerprint density at radius 2 is 1.67 bits per heavy atom. The standard InChI is InChI=1S/C22H22N2O3/c1-15(22(25)26)24-13-12-19-18(14-24)21(23-27-19)20(16-8-4-2-5-9-16)17-10-6-3-7-11-17/h2-11,15,20H,12-14H2,1H3,(H,25,26)/t15-/m1/s1. The topological polar surface area (TPSA) is 66.6 Å². The molecular formula is C22H22N2O3. The van der Waals surface area contributed by atoms with Crippen LogP contribution in [0.2, 0.25) is 0 Å². The molecule has 3 aromatic rings. The van der Waals surface area contributed by atoms with Crippen molar-refractivity contribution in [3.8, 4) is 0 Å². The fourth-order valence-corrected chi connectivity index (χ4v) is 3.76. The van der Waals surface area contributed by atoms with Crippen molar-refractivity contribution in [3.63, 3.8) is 0 Å². The third kappa shape index (κ3) is 3.38. The van der Waals surface area contributed by atoms with E-state index in [2.05, 4.69) is 29.4 Å². The lowest BCUT2D eigenvalue weighted by Crippen LogP contribution is -2.42. The molecule has 0 aliphatic carbocycles. The smallest absolute Gasteiger partial charge is 0.320 e. The summed E-state index contributed by atoms with van der Waals surface area (Å²) in [6.07, 6.45) is 0.677. The molecule has 5 heteroatoms. The number of fused-ring (bicyclic) bond motifs is 1. The van der Waals surface area contributed by atoms with Crippen LogP contribution in [0.4, 0.5) is 0 Å². The second-order valence-corrected chi connectivity index (χ2v) is 6.96. The highest BCUT2D eigenvalue weighted by Crippen LogP contribution is 2.36. The number of aromatic nitrogens is 1. The predicted molar refractivity (Wildman–Crippen MR) is 102 cm³/mol. The van der Waals surface area contributed by atoms with Crippen LogP contribution in [0, 0.1) is 0 Å². The van der Waals surface area contributed by atoms with E-state index in [0.29, 0.717) is 19.5 Å². The van der Waals surface area contributed by atoms with Crippen LogP contribution in [-0.4, -0.2) is 33.7 Å². The maximum atomic E-state index is 11.4. The molecule has 1 N–H and O–H groups in total. The summed E-state index contributed by atoms with van der Waals surface area (Å²) in [5.74, 6) is 0.0230. The molecule has 0 unspecified atom stereocenters. The molecule has 0 radical (unpaired) electrons. The zero-order chi connectivity index (χ0) is 18.8. The van der Waals surface area contributed by atoms with Crippen LogP contribution < -0.4 is 0 Å². The molecule has 0 amide bonds. The summed E-state index contributed by atoms with van der Waals surface area (Å²) in [7, 11) is 0. The van der Waals surface area contributed by atoms with Gasteiger partial charge in [-0.3, -0.25) is 9.69 Å². The lowest BCUT2D eigenvalue weighted by Gasteiger charge is -2.30. The first-order valence-corrected chi connectivity index (χ1v) is 9.19. The van der Waals surface area contributed by atoms with Gasteiger partial charge in [-0.2, -0.15) is 0 Å². The normalized spacial score (nSPS) is 15.5. The summed E-state index contributed by atoms with van der Waals surface area (Å²) in [5, 5.41) is 13.8. The zero-order valence-electron chi connectivity index (χ0n) is 15.2. The lowest BCUT2D eigenvalue weighted by atomic mass is 9.85. The molecule has 1 aliphatic rings. The van der Waals surface area contributed by atoms with Crippen molar-refractivity contribution in [1.29, 1.82) is 0 Å². The number of rotatable bonds is 5. The van der Waals surface area contributed by atoms with Crippen LogP contribution >= 0.6 is 0 Å². The predicted octanol–water partition coefficient (Wildman–Crippen LogP) is 3.69. The number of hydrogen-bond donors (Lipinski definition) is 1. The summed E-state index contributed by atoms with van der Waals surface area (Å²) in [4.78, 5) is 13.4. The number of carboxylic acids is 1. The summed E-state index contributed by atoms with van der Waals surface area (Å²) >= 11 is 0. The number of hydrogen-bond acceptors (Lipinski definition) is 4. The SMILES string of the molecule is C[C@H](C(=O)O)N1CCc2onc(C(c3ccccc3)c3ccccc3)c2C1. The molecule has 0 saturated heterocycles. The monoisotopic (exact) mass is 362 g/mol. The van der Waals surface area contributed by atoms with Crippen LogP contribution in [0.5, 0.6) is 0 Å². The van der Waals surface area contributed by atoms with Crippen LogP contribution in [0.25, 0.3) is 0 Å². The van der Waals surface area contributed by atoms with Crippen molar-refractivity contribution in [2.24, 2.45) is 0 Å². The van der Waals surface area contributed by atoms with Gasteiger partial charge in [0, 0.05) is 25.1 Å². The van der Waals surface area contributed by atoms with Gasteiger partial charge in [-0.15, -0.1) is 0 Å². The fraction of sp³-hybridized carbons (Fsp3) is 0.273. The minimum Gasteiger partial charge on any atom is -0.480 e. The third-order valence-corrected chi connectivity index (χ3v) is 5.33. The number of carbonyl (C=O) groups is 1. The van der Waals surface area contributed by atoms with Gasteiger partial charge in [-0.1, -0.05) is 65.8 Å². The van der Waals surface area contributed by atoms with Gasteiger partial charge in [-0.05, 0) is 18.1 Å². The number of carboxylic acid groups (broad SMARTS) is 1. The first kappa shape index (κ1) is 17.5. The first-order valence-electron chi connectivity index (χ1n) is 9.19. The fourth-order valence-electron chi connectivity index (χ4n) is 3.76. The molecule has 2 aromatic carbocycles. The quantitative estimate of drug-likeness (QED) is 0.750. The highest BCUT2D eigenvalue weighted by atomic mass is 16.5. The van der Waals surface area contributed by atoms with Crippen LogP contribution in [-0.2, 0) is 17.8 Å². The van der Waals surface area contributed by atoms with Gasteiger partial charge >= 0.3 is 5.97 Å². The van der Waals surface area contributed by atoms with Crippen molar-refractivity contribution in [2.75, 3.05) is 6.54 Å². The molecule has 0 fully saturated rings. The van der Waals surface area contributed by atoms with Gasteiger partial charge in [0.15, 0.2) is 0 Å². The van der Waals surface area contributed by atoms with E-state index in [1.807, 2.05) is 41.3 Å². The number of benzene rings is 2. The molecule has 1 atom stereocenters. The Kier molecular flexibility index (Phi) is 4.77. The second-order valence-electron chi connectivity index (χ2n) is 6.96. The minimum absolute atomic E-state index is 0.0417. The Hall–Kier alpha value is -2.92. The van der Waals surface area contributed by atoms with Gasteiger partial charge < -0.3 is 9.63 Å². The maximum Gasteiger partial charge on any atom is 0.320 e. The summed E-state index contributed by atoms with van der Waals surface area (Å²) < 4.78 is 5.68. The molecule has 2 heterocycles. The highest BCUT2D eigenvalue weighted by molar-refractivity contribution is 5.73. The summed E-state index contributed by atoms with van der Waals surface area (Å²) in [6.45, 7) is 2.93. The molecular weight excluding hydrogens is 340 g/mol. The molecule has 5 nitrogen and oxygen atoms in total. The Bertz CT molecular complexity index is 882. The van der Waals surface area contributed by atoms with Gasteiger partial charge in [0.2, 0.25) is 0 Å². The Labute approximate surface area is 158 Å². The number of aliphatic carboxylic acids is 1. The van der Waals surface area contributed by atoms with Gasteiger partial charge in [0.25, 0.3) is 0 Å². The van der Waals surface area contributed by atoms with Crippen molar-refractivity contribution < 1.29 is 14.4 Å². The molecule has 0 bridgehead atoms. The van der Waals surface area contributed by atoms with E-state index in [4.69, 9.17) is 4.52 Å². The second kappa shape index (κ2) is 7.37. The first-order chi connectivity index (χ1) is 13.1. The molecule has 138 valence electrons. The lowest BCUT2D eigenvalue weighted by molar-refractivity contribution is -0.143. The van der Waals surface area contributed by atoms with Crippen LogP contribution in [0.3, 0.4) is 0 Å². The Morgan fingerprint density at radius 1 is 1.07 bits per heavy atom. The number of nitrogens with zero attached hydrogens (tertiary/aromatic N) is 2. The van der Waals surface area contributed by atoms with E-state index >= 15 is 0 Å². The van der Waals surface area contributed by atoms with E-state index in [1.165, 1.54) is 0 Å². The average Bonchev–Trinajstić information content (AvgIpc) is 3.12. The van der Waals surface area contributed by atoms with E-state index < -0.39 is 12.0 Å². The summed E-state index contributed by atoms with van der Waals surface area (Å²) in [5.41, 5.74) is 4.18. The maximum absolute atomic E-state index is 11.4. The molecule has 0 spiro atoms. The zero-order valence-corrected chi connectivity index (χ0v) is 15.2. The Morgan fingerprint density at radius 3 is 2.22 bits per heavy atom. The van der Waals surface area contributed by atoms with Crippen LogP contribution in [0.15, 0.2) is 65.2 Å². The van der Waals surface area contributed by atoms with Gasteiger partial charge in [0.05, 0.1) is 5.92 Å². The van der Waals surface area contributed by atoms with Crippen molar-refractivity contribution in [3.05, 3.63) is 88.8 Å². The van der Waals surface area contributed by atoms with Gasteiger partial charge in [-0.25, -0.2) is 0 Å². The molecule has 4 rings (SSSR count). The largest absolute Gasteiger partial charge is 0.480 e.